The Morgan fingerprint density at radius 3 is 2.22 bits per heavy atom. The Balaban J connectivity index is 1.95. The van der Waals surface area contributed by atoms with Gasteiger partial charge in [-0.1, -0.05) is 71.8 Å². The molecule has 2 aromatic rings. The number of para-hydroxylation sites is 1. The van der Waals surface area contributed by atoms with Gasteiger partial charge in [-0.25, -0.2) is 0 Å². The van der Waals surface area contributed by atoms with Crippen molar-refractivity contribution in [3.63, 3.8) is 0 Å². The lowest BCUT2D eigenvalue weighted by Gasteiger charge is -2.07. The average molecular weight is 278 g/mol. The zero-order valence-electron chi connectivity index (χ0n) is 9.74. The molecule has 0 atom stereocenters. The summed E-state index contributed by atoms with van der Waals surface area (Å²) in [6.45, 7) is 0.679. The standard InChI is InChI=1S/C15H13Cl2N/c16-13-9-4-10-14(17)15(13)18-11-5-8-12-6-2-1-3-7-12/h1-10,18H,11H2/b8-5+. The zero-order chi connectivity index (χ0) is 12.8. The van der Waals surface area contributed by atoms with Gasteiger partial charge < -0.3 is 5.32 Å². The van der Waals surface area contributed by atoms with Crippen molar-refractivity contribution in [3.8, 4) is 0 Å². The maximum absolute atomic E-state index is 6.05. The number of hydrogen-bond acceptors (Lipinski definition) is 1. The Labute approximate surface area is 117 Å². The summed E-state index contributed by atoms with van der Waals surface area (Å²) >= 11 is 12.1. The topological polar surface area (TPSA) is 12.0 Å². The van der Waals surface area contributed by atoms with Gasteiger partial charge in [-0.05, 0) is 17.7 Å². The second-order valence-electron chi connectivity index (χ2n) is 3.79. The molecule has 0 saturated heterocycles. The van der Waals surface area contributed by atoms with Gasteiger partial charge in [-0.15, -0.1) is 0 Å². The lowest BCUT2D eigenvalue weighted by atomic mass is 10.2. The number of halogens is 2. The Bertz CT molecular complexity index is 515. The summed E-state index contributed by atoms with van der Waals surface area (Å²) in [7, 11) is 0. The second-order valence-corrected chi connectivity index (χ2v) is 4.61. The zero-order valence-corrected chi connectivity index (χ0v) is 11.2. The fourth-order valence-electron chi connectivity index (χ4n) is 1.59. The van der Waals surface area contributed by atoms with Crippen molar-refractivity contribution in [1.29, 1.82) is 0 Å². The Morgan fingerprint density at radius 2 is 1.56 bits per heavy atom. The van der Waals surface area contributed by atoms with Crippen LogP contribution in [0.1, 0.15) is 5.56 Å². The van der Waals surface area contributed by atoms with Crippen LogP contribution in [0.4, 0.5) is 5.69 Å². The fourth-order valence-corrected chi connectivity index (χ4v) is 2.12. The van der Waals surface area contributed by atoms with Crippen molar-refractivity contribution in [2.45, 2.75) is 0 Å². The van der Waals surface area contributed by atoms with Crippen LogP contribution in [0.5, 0.6) is 0 Å². The maximum atomic E-state index is 6.05. The molecule has 92 valence electrons. The molecular formula is C15H13Cl2N. The lowest BCUT2D eigenvalue weighted by molar-refractivity contribution is 1.34. The van der Waals surface area contributed by atoms with E-state index in [1.54, 1.807) is 0 Å². The first kappa shape index (κ1) is 13.0. The van der Waals surface area contributed by atoms with Gasteiger partial charge in [-0.2, -0.15) is 0 Å². The third-order valence-electron chi connectivity index (χ3n) is 2.47. The van der Waals surface area contributed by atoms with E-state index in [9.17, 15) is 0 Å². The van der Waals surface area contributed by atoms with Gasteiger partial charge in [0.25, 0.3) is 0 Å². The predicted molar refractivity (Wildman–Crippen MR) is 80.4 cm³/mol. The molecule has 0 aliphatic heterocycles. The van der Waals surface area contributed by atoms with Crippen molar-refractivity contribution in [1.82, 2.24) is 0 Å². The van der Waals surface area contributed by atoms with Gasteiger partial charge >= 0.3 is 0 Å². The largest absolute Gasteiger partial charge is 0.379 e. The highest BCUT2D eigenvalue weighted by atomic mass is 35.5. The SMILES string of the molecule is Clc1cccc(Cl)c1NC/C=C/c1ccccc1. The molecule has 0 aliphatic carbocycles. The van der Waals surface area contributed by atoms with Gasteiger partial charge in [0.2, 0.25) is 0 Å². The quantitative estimate of drug-likeness (QED) is 0.818. The molecule has 0 radical (unpaired) electrons. The minimum atomic E-state index is 0.635. The van der Waals surface area contributed by atoms with Gasteiger partial charge in [-0.3, -0.25) is 0 Å². The van der Waals surface area contributed by atoms with Gasteiger partial charge in [0.05, 0.1) is 15.7 Å². The van der Waals surface area contributed by atoms with Crippen LogP contribution >= 0.6 is 23.2 Å². The van der Waals surface area contributed by atoms with E-state index in [1.165, 1.54) is 5.56 Å². The number of benzene rings is 2. The van der Waals surface area contributed by atoms with Gasteiger partial charge in [0, 0.05) is 6.54 Å². The van der Waals surface area contributed by atoms with Gasteiger partial charge in [0.15, 0.2) is 0 Å². The van der Waals surface area contributed by atoms with E-state index in [2.05, 4.69) is 23.5 Å². The molecule has 0 aliphatic rings. The molecule has 3 heteroatoms. The van der Waals surface area contributed by atoms with E-state index in [-0.39, 0.29) is 0 Å². The molecule has 0 unspecified atom stereocenters. The van der Waals surface area contributed by atoms with Crippen LogP contribution < -0.4 is 5.32 Å². The minimum absolute atomic E-state index is 0.635. The summed E-state index contributed by atoms with van der Waals surface area (Å²) in [5.41, 5.74) is 1.95. The highest BCUT2D eigenvalue weighted by molar-refractivity contribution is 6.39. The van der Waals surface area contributed by atoms with Crippen molar-refractivity contribution in [2.24, 2.45) is 0 Å². The van der Waals surface area contributed by atoms with E-state index in [1.807, 2.05) is 42.5 Å². The molecule has 0 heterocycles. The monoisotopic (exact) mass is 277 g/mol. The molecule has 2 aromatic carbocycles. The summed E-state index contributed by atoms with van der Waals surface area (Å²) in [6.07, 6.45) is 4.09. The molecular weight excluding hydrogens is 265 g/mol. The van der Waals surface area contributed by atoms with Gasteiger partial charge in [0.1, 0.15) is 0 Å². The summed E-state index contributed by atoms with van der Waals surface area (Å²) in [5.74, 6) is 0. The summed E-state index contributed by atoms with van der Waals surface area (Å²) in [4.78, 5) is 0. The Morgan fingerprint density at radius 1 is 0.889 bits per heavy atom. The van der Waals surface area contributed by atoms with E-state index in [4.69, 9.17) is 23.2 Å². The molecule has 0 aromatic heterocycles. The molecule has 1 nitrogen and oxygen atoms in total. The third-order valence-corrected chi connectivity index (χ3v) is 3.10. The molecule has 0 spiro atoms. The number of hydrogen-bond donors (Lipinski definition) is 1. The van der Waals surface area contributed by atoms with E-state index in [0.717, 1.165) is 5.69 Å². The van der Waals surface area contributed by atoms with Crippen LogP contribution in [0, 0.1) is 0 Å². The van der Waals surface area contributed by atoms with Crippen molar-refractivity contribution < 1.29 is 0 Å². The Kier molecular flexibility index (Phi) is 4.68. The molecule has 0 amide bonds. The highest BCUT2D eigenvalue weighted by Crippen LogP contribution is 2.29. The molecule has 0 bridgehead atoms. The van der Waals surface area contributed by atoms with Crippen LogP contribution in [0.25, 0.3) is 6.08 Å². The first-order valence-corrected chi connectivity index (χ1v) is 6.42. The van der Waals surface area contributed by atoms with Crippen LogP contribution in [-0.2, 0) is 0 Å². The van der Waals surface area contributed by atoms with Crippen molar-refractivity contribution >= 4 is 35.0 Å². The summed E-state index contributed by atoms with van der Waals surface area (Å²) in [6, 6.07) is 15.6. The molecule has 1 N–H and O–H groups in total. The van der Waals surface area contributed by atoms with Crippen LogP contribution in [-0.4, -0.2) is 6.54 Å². The summed E-state index contributed by atoms with van der Waals surface area (Å²) in [5, 5.41) is 4.47. The van der Waals surface area contributed by atoms with Crippen molar-refractivity contribution in [2.75, 3.05) is 11.9 Å². The first-order chi connectivity index (χ1) is 8.77. The van der Waals surface area contributed by atoms with E-state index >= 15 is 0 Å². The molecule has 2 rings (SSSR count). The minimum Gasteiger partial charge on any atom is -0.379 e. The maximum Gasteiger partial charge on any atom is 0.0721 e. The summed E-state index contributed by atoms with van der Waals surface area (Å²) < 4.78 is 0. The third kappa shape index (κ3) is 3.52. The normalized spacial score (nSPS) is 10.8. The van der Waals surface area contributed by atoms with Crippen LogP contribution in [0.15, 0.2) is 54.6 Å². The van der Waals surface area contributed by atoms with Crippen LogP contribution in [0.2, 0.25) is 10.0 Å². The number of nitrogens with one attached hydrogen (secondary N) is 1. The first-order valence-electron chi connectivity index (χ1n) is 5.67. The number of anilines is 1. The lowest BCUT2D eigenvalue weighted by Crippen LogP contribution is -1.99. The predicted octanol–water partition coefficient (Wildman–Crippen LogP) is 5.12. The molecule has 0 saturated carbocycles. The fraction of sp³-hybridized carbons (Fsp3) is 0.0667. The van der Waals surface area contributed by atoms with Crippen molar-refractivity contribution in [3.05, 3.63) is 70.2 Å². The second kappa shape index (κ2) is 6.48. The number of rotatable bonds is 4. The molecule has 18 heavy (non-hydrogen) atoms. The smallest absolute Gasteiger partial charge is 0.0721 e. The molecule has 0 fully saturated rings. The van der Waals surface area contributed by atoms with E-state index < -0.39 is 0 Å². The highest BCUT2D eigenvalue weighted by Gasteiger charge is 2.02. The average Bonchev–Trinajstić information content (AvgIpc) is 2.38. The van der Waals surface area contributed by atoms with Crippen LogP contribution in [0.3, 0.4) is 0 Å². The van der Waals surface area contributed by atoms with E-state index in [0.29, 0.717) is 16.6 Å². The Hall–Kier alpha value is -1.44.